The van der Waals surface area contributed by atoms with Crippen LogP contribution < -0.4 is 4.90 Å². The smallest absolute Gasteiger partial charge is 0.283 e. The molecule has 1 fully saturated rings. The Morgan fingerprint density at radius 2 is 1.93 bits per heavy atom. The van der Waals surface area contributed by atoms with E-state index in [2.05, 4.69) is 20.2 Å². The molecule has 0 spiro atoms. The average molecular weight is 406 g/mol. The third kappa shape index (κ3) is 3.50. The molecule has 1 saturated heterocycles. The summed E-state index contributed by atoms with van der Waals surface area (Å²) in [5.74, 6) is 1.76. The molecule has 0 radical (unpaired) electrons. The van der Waals surface area contributed by atoms with Crippen LogP contribution in [0.5, 0.6) is 0 Å². The van der Waals surface area contributed by atoms with E-state index in [1.54, 1.807) is 25.3 Å². The second-order valence-electron chi connectivity index (χ2n) is 6.34. The summed E-state index contributed by atoms with van der Waals surface area (Å²) in [6.07, 6.45) is 3.20. The number of anilines is 1. The van der Waals surface area contributed by atoms with Crippen LogP contribution in [0.15, 0.2) is 33.4 Å². The molecule has 28 heavy (non-hydrogen) atoms. The minimum Gasteiger partial charge on any atom is -0.459 e. The summed E-state index contributed by atoms with van der Waals surface area (Å²) in [5, 5.41) is 8.06. The molecule has 0 unspecified atom stereocenters. The Balaban J connectivity index is 0.00000240. The van der Waals surface area contributed by atoms with Gasteiger partial charge in [-0.15, -0.1) is 10.2 Å². The van der Waals surface area contributed by atoms with Gasteiger partial charge in [-0.3, -0.25) is 4.98 Å². The van der Waals surface area contributed by atoms with Gasteiger partial charge < -0.3 is 13.7 Å². The van der Waals surface area contributed by atoms with Crippen LogP contribution in [0, 0.1) is 6.92 Å². The van der Waals surface area contributed by atoms with Crippen LogP contribution >= 0.6 is 0 Å². The molecule has 0 bridgehead atoms. The molecule has 4 rings (SSSR count). The normalized spacial score (nSPS) is 15.9. The van der Waals surface area contributed by atoms with Crippen LogP contribution in [-0.4, -0.2) is 64.8 Å². The third-order valence-electron chi connectivity index (χ3n) is 4.62. The van der Waals surface area contributed by atoms with E-state index in [0.29, 0.717) is 49.1 Å². The number of rotatable bonds is 5. The van der Waals surface area contributed by atoms with Crippen molar-refractivity contribution in [2.75, 3.05) is 36.8 Å². The topological polar surface area (TPSA) is 118 Å². The van der Waals surface area contributed by atoms with E-state index in [-0.39, 0.29) is 19.0 Å². The first-order valence-electron chi connectivity index (χ1n) is 8.92. The van der Waals surface area contributed by atoms with Gasteiger partial charge in [-0.1, -0.05) is 0 Å². The van der Waals surface area contributed by atoms with Crippen LogP contribution in [-0.2, 0) is 10.0 Å². The molecule has 0 N–H and O–H groups in total. The summed E-state index contributed by atoms with van der Waals surface area (Å²) in [6, 6.07) is 3.47. The van der Waals surface area contributed by atoms with Crippen molar-refractivity contribution in [3.8, 4) is 23.2 Å². The number of piperazine rings is 1. The van der Waals surface area contributed by atoms with Crippen LogP contribution in [0.3, 0.4) is 0 Å². The number of sulfonamides is 1. The molecule has 0 atom stereocenters. The van der Waals surface area contributed by atoms with E-state index >= 15 is 0 Å². The lowest BCUT2D eigenvalue weighted by Crippen LogP contribution is -2.49. The molecule has 1 aliphatic rings. The fraction of sp³-hybridized carbons (Fsp3) is 0.412. The Labute approximate surface area is 163 Å². The van der Waals surface area contributed by atoms with Crippen LogP contribution in [0.2, 0.25) is 0 Å². The zero-order chi connectivity index (χ0) is 19.7. The number of aryl methyl sites for hydroxylation is 1. The zero-order valence-electron chi connectivity index (χ0n) is 15.6. The maximum absolute atomic E-state index is 12.0. The maximum Gasteiger partial charge on any atom is 0.283 e. The Morgan fingerprint density at radius 1 is 1.18 bits per heavy atom. The standard InChI is InChI=1S/C17H20N6O4S.H2/c1-3-28(24,25)23-8-6-22(7-9-23)14-11-18-12(2)15(19-14)17-21-20-16(27-17)13-5-4-10-26-13;/h4-5,10-11H,3,6-9H2,1-2H3;1H. The van der Waals surface area contributed by atoms with E-state index in [1.165, 1.54) is 10.6 Å². The first-order valence-corrected chi connectivity index (χ1v) is 10.5. The molecule has 10 nitrogen and oxygen atoms in total. The van der Waals surface area contributed by atoms with E-state index in [0.717, 1.165) is 0 Å². The summed E-state index contributed by atoms with van der Waals surface area (Å²) in [7, 11) is -3.18. The third-order valence-corrected chi connectivity index (χ3v) is 6.50. The van der Waals surface area contributed by atoms with Gasteiger partial charge in [-0.05, 0) is 26.0 Å². The molecule has 0 saturated carbocycles. The van der Waals surface area contributed by atoms with Crippen molar-refractivity contribution in [2.45, 2.75) is 13.8 Å². The largest absolute Gasteiger partial charge is 0.459 e. The predicted molar refractivity (Wildman–Crippen MR) is 103 cm³/mol. The molecule has 0 aromatic carbocycles. The SMILES string of the molecule is CCS(=O)(=O)N1CCN(c2cnc(C)c(-c3nnc(-c4ccco4)o3)n2)CC1.[HH]. The van der Waals surface area contributed by atoms with E-state index in [9.17, 15) is 8.42 Å². The first kappa shape index (κ1) is 18.6. The fourth-order valence-electron chi connectivity index (χ4n) is 2.99. The van der Waals surface area contributed by atoms with Gasteiger partial charge in [0.25, 0.3) is 11.8 Å². The minimum absolute atomic E-state index is 0. The summed E-state index contributed by atoms with van der Waals surface area (Å²) < 4.78 is 36.5. The van der Waals surface area contributed by atoms with Gasteiger partial charge >= 0.3 is 0 Å². The predicted octanol–water partition coefficient (Wildman–Crippen LogP) is 1.81. The Kier molecular flexibility index (Phi) is 4.85. The van der Waals surface area contributed by atoms with Gasteiger partial charge in [0.15, 0.2) is 11.5 Å². The highest BCUT2D eigenvalue weighted by Gasteiger charge is 2.27. The van der Waals surface area contributed by atoms with Gasteiger partial charge in [0.2, 0.25) is 10.0 Å². The molecular formula is C17H22N6O4S. The number of hydrogen-bond acceptors (Lipinski definition) is 9. The lowest BCUT2D eigenvalue weighted by molar-refractivity contribution is 0.384. The Hall–Kier alpha value is -2.79. The molecule has 4 heterocycles. The van der Waals surface area contributed by atoms with Gasteiger partial charge in [0.1, 0.15) is 5.82 Å². The van der Waals surface area contributed by atoms with Crippen molar-refractivity contribution in [1.29, 1.82) is 0 Å². The van der Waals surface area contributed by atoms with Crippen molar-refractivity contribution in [2.24, 2.45) is 0 Å². The van der Waals surface area contributed by atoms with Gasteiger partial charge in [-0.25, -0.2) is 13.4 Å². The zero-order valence-corrected chi connectivity index (χ0v) is 16.4. The van der Waals surface area contributed by atoms with Crippen molar-refractivity contribution in [1.82, 2.24) is 24.5 Å². The minimum atomic E-state index is -3.18. The fourth-order valence-corrected chi connectivity index (χ4v) is 4.08. The summed E-state index contributed by atoms with van der Waals surface area (Å²) in [6.45, 7) is 5.39. The van der Waals surface area contributed by atoms with Crippen molar-refractivity contribution in [3.05, 3.63) is 30.3 Å². The highest BCUT2D eigenvalue weighted by molar-refractivity contribution is 7.89. The average Bonchev–Trinajstić information content (AvgIpc) is 3.40. The first-order chi connectivity index (χ1) is 13.5. The van der Waals surface area contributed by atoms with Crippen molar-refractivity contribution >= 4 is 15.8 Å². The number of hydrogen-bond donors (Lipinski definition) is 0. The quantitative estimate of drug-likeness (QED) is 0.625. The van der Waals surface area contributed by atoms with E-state index in [1.807, 2.05) is 11.8 Å². The maximum atomic E-state index is 12.0. The summed E-state index contributed by atoms with van der Waals surface area (Å²) >= 11 is 0. The summed E-state index contributed by atoms with van der Waals surface area (Å²) in [5.41, 5.74) is 1.15. The Morgan fingerprint density at radius 3 is 2.61 bits per heavy atom. The summed E-state index contributed by atoms with van der Waals surface area (Å²) in [4.78, 5) is 11.0. The lowest BCUT2D eigenvalue weighted by Gasteiger charge is -2.34. The molecule has 150 valence electrons. The number of furan rings is 1. The Bertz CT molecular complexity index is 1060. The van der Waals surface area contributed by atoms with Gasteiger partial charge in [-0.2, -0.15) is 4.31 Å². The van der Waals surface area contributed by atoms with E-state index < -0.39 is 10.0 Å². The molecule has 0 amide bonds. The highest BCUT2D eigenvalue weighted by Crippen LogP contribution is 2.26. The monoisotopic (exact) mass is 406 g/mol. The second kappa shape index (κ2) is 7.32. The molecule has 1 aliphatic heterocycles. The van der Waals surface area contributed by atoms with Crippen molar-refractivity contribution < 1.29 is 18.7 Å². The number of aromatic nitrogens is 4. The highest BCUT2D eigenvalue weighted by atomic mass is 32.2. The van der Waals surface area contributed by atoms with Crippen LogP contribution in [0.1, 0.15) is 14.0 Å². The van der Waals surface area contributed by atoms with Crippen molar-refractivity contribution in [3.63, 3.8) is 0 Å². The van der Waals surface area contributed by atoms with Gasteiger partial charge in [0.05, 0.1) is 23.9 Å². The molecular weight excluding hydrogens is 384 g/mol. The lowest BCUT2D eigenvalue weighted by atomic mass is 10.3. The van der Waals surface area contributed by atoms with Crippen LogP contribution in [0.4, 0.5) is 5.82 Å². The van der Waals surface area contributed by atoms with Crippen LogP contribution in [0.25, 0.3) is 23.2 Å². The van der Waals surface area contributed by atoms with Gasteiger partial charge in [0, 0.05) is 27.6 Å². The molecule has 3 aromatic rings. The van der Waals surface area contributed by atoms with E-state index in [4.69, 9.17) is 8.83 Å². The molecule has 3 aromatic heterocycles. The second-order valence-corrected chi connectivity index (χ2v) is 8.60. The molecule has 11 heteroatoms. The number of nitrogens with zero attached hydrogens (tertiary/aromatic N) is 6. The molecule has 0 aliphatic carbocycles.